The lowest BCUT2D eigenvalue weighted by Gasteiger charge is -2.33. The lowest BCUT2D eigenvalue weighted by molar-refractivity contribution is 0.0548. The first-order valence-corrected chi connectivity index (χ1v) is 7.25. The summed E-state index contributed by atoms with van der Waals surface area (Å²) < 4.78 is 10.7. The molecule has 1 aliphatic rings. The Morgan fingerprint density at radius 3 is 2.76 bits per heavy atom. The molecule has 1 aromatic carbocycles. The normalized spacial score (nSPS) is 14.9. The molecule has 2 rings (SSSR count). The quantitative estimate of drug-likeness (QED) is 0.888. The van der Waals surface area contributed by atoms with Crippen LogP contribution in [0.4, 0.5) is 10.5 Å². The van der Waals surface area contributed by atoms with Gasteiger partial charge in [-0.15, -0.1) is 0 Å². The van der Waals surface area contributed by atoms with E-state index in [1.165, 1.54) is 0 Å². The summed E-state index contributed by atoms with van der Waals surface area (Å²) in [6, 6.07) is 7.53. The van der Waals surface area contributed by atoms with Crippen LogP contribution in [0.1, 0.15) is 6.42 Å². The maximum Gasteiger partial charge on any atom is 0.324 e. The Morgan fingerprint density at radius 2 is 2.10 bits per heavy atom. The first-order chi connectivity index (χ1) is 10.3. The zero-order valence-corrected chi connectivity index (χ0v) is 12.5. The number of anilines is 1. The summed E-state index contributed by atoms with van der Waals surface area (Å²) in [5.74, 6) is 0.691. The predicted octanol–water partition coefficient (Wildman–Crippen LogP) is 1.30. The van der Waals surface area contributed by atoms with E-state index in [0.29, 0.717) is 45.1 Å². The average Bonchev–Trinajstić information content (AvgIpc) is 2.56. The predicted molar refractivity (Wildman–Crippen MR) is 81.8 cm³/mol. The molecular weight excluding hydrogens is 270 g/mol. The van der Waals surface area contributed by atoms with Crippen molar-refractivity contribution < 1.29 is 14.3 Å². The van der Waals surface area contributed by atoms with Gasteiger partial charge in [0.05, 0.1) is 26.0 Å². The Kier molecular flexibility index (Phi) is 5.83. The molecule has 0 aromatic heterocycles. The van der Waals surface area contributed by atoms with Crippen LogP contribution in [0, 0.1) is 0 Å². The van der Waals surface area contributed by atoms with Gasteiger partial charge in [-0.05, 0) is 25.1 Å². The highest BCUT2D eigenvalue weighted by molar-refractivity contribution is 5.93. The topological polar surface area (TPSA) is 68.0 Å². The maximum absolute atomic E-state index is 12.8. The summed E-state index contributed by atoms with van der Waals surface area (Å²) in [5, 5.41) is 0. The molecule has 0 atom stereocenters. The van der Waals surface area contributed by atoms with E-state index in [1.54, 1.807) is 12.0 Å². The first kappa shape index (κ1) is 15.6. The van der Waals surface area contributed by atoms with E-state index in [1.807, 2.05) is 29.2 Å². The van der Waals surface area contributed by atoms with Gasteiger partial charge < -0.3 is 20.1 Å². The van der Waals surface area contributed by atoms with Crippen molar-refractivity contribution in [1.82, 2.24) is 4.90 Å². The molecule has 2 N–H and O–H groups in total. The monoisotopic (exact) mass is 293 g/mol. The number of benzene rings is 1. The molecule has 1 saturated heterocycles. The number of para-hydroxylation sites is 2. The van der Waals surface area contributed by atoms with Gasteiger partial charge in [0, 0.05) is 19.6 Å². The van der Waals surface area contributed by atoms with Crippen molar-refractivity contribution in [2.45, 2.75) is 6.42 Å². The number of carbonyl (C=O) groups is 1. The van der Waals surface area contributed by atoms with Crippen molar-refractivity contribution in [1.29, 1.82) is 0 Å². The third-order valence-electron chi connectivity index (χ3n) is 3.47. The summed E-state index contributed by atoms with van der Waals surface area (Å²) >= 11 is 0. The van der Waals surface area contributed by atoms with E-state index in [0.717, 1.165) is 12.1 Å². The molecule has 6 nitrogen and oxygen atoms in total. The Morgan fingerprint density at radius 1 is 1.38 bits per heavy atom. The number of nitrogens with zero attached hydrogens (tertiary/aromatic N) is 2. The molecule has 2 amide bonds. The summed E-state index contributed by atoms with van der Waals surface area (Å²) in [6.45, 7) is 3.53. The third-order valence-corrected chi connectivity index (χ3v) is 3.47. The number of morpholine rings is 1. The molecule has 1 heterocycles. The number of amides is 2. The second kappa shape index (κ2) is 7.85. The zero-order chi connectivity index (χ0) is 15.1. The van der Waals surface area contributed by atoms with Crippen LogP contribution < -0.4 is 15.4 Å². The Labute approximate surface area is 125 Å². The van der Waals surface area contributed by atoms with Crippen molar-refractivity contribution in [3.05, 3.63) is 24.3 Å². The fourth-order valence-electron chi connectivity index (χ4n) is 2.35. The number of nitrogens with two attached hydrogens (primary N) is 1. The zero-order valence-electron chi connectivity index (χ0n) is 12.5. The first-order valence-electron chi connectivity index (χ1n) is 7.25. The lowest BCUT2D eigenvalue weighted by atomic mass is 10.2. The Hall–Kier alpha value is -1.79. The fourth-order valence-corrected chi connectivity index (χ4v) is 2.35. The second-order valence-electron chi connectivity index (χ2n) is 4.85. The van der Waals surface area contributed by atoms with Gasteiger partial charge in [0.15, 0.2) is 0 Å². The Bertz CT molecular complexity index is 461. The summed E-state index contributed by atoms with van der Waals surface area (Å²) in [5.41, 5.74) is 6.38. The van der Waals surface area contributed by atoms with Crippen molar-refractivity contribution in [2.75, 3.05) is 51.4 Å². The number of hydrogen-bond donors (Lipinski definition) is 1. The molecule has 1 aromatic rings. The third kappa shape index (κ3) is 3.86. The molecule has 116 valence electrons. The maximum atomic E-state index is 12.8. The summed E-state index contributed by atoms with van der Waals surface area (Å²) in [6.07, 6.45) is 0.744. The minimum absolute atomic E-state index is 0.0174. The number of carbonyl (C=O) groups excluding carboxylic acids is 1. The molecule has 0 unspecified atom stereocenters. The summed E-state index contributed by atoms with van der Waals surface area (Å²) in [4.78, 5) is 16.3. The van der Waals surface area contributed by atoms with Gasteiger partial charge in [0.1, 0.15) is 5.75 Å². The SMILES string of the molecule is COc1ccccc1N(CCCN)C(=O)N1CCOCC1. The highest BCUT2D eigenvalue weighted by atomic mass is 16.5. The molecule has 1 aliphatic heterocycles. The molecule has 0 bridgehead atoms. The minimum Gasteiger partial charge on any atom is -0.495 e. The van der Waals surface area contributed by atoms with Crippen molar-refractivity contribution in [2.24, 2.45) is 5.73 Å². The number of hydrogen-bond acceptors (Lipinski definition) is 4. The van der Waals surface area contributed by atoms with E-state index in [-0.39, 0.29) is 6.03 Å². The second-order valence-corrected chi connectivity index (χ2v) is 4.85. The van der Waals surface area contributed by atoms with Crippen LogP contribution in [-0.4, -0.2) is 57.4 Å². The van der Waals surface area contributed by atoms with Crippen molar-refractivity contribution >= 4 is 11.7 Å². The highest BCUT2D eigenvalue weighted by Gasteiger charge is 2.25. The van der Waals surface area contributed by atoms with Gasteiger partial charge in [0.25, 0.3) is 0 Å². The Balaban J connectivity index is 2.22. The number of ether oxygens (including phenoxy) is 2. The number of rotatable bonds is 5. The van der Waals surface area contributed by atoms with Crippen LogP contribution in [0.2, 0.25) is 0 Å². The van der Waals surface area contributed by atoms with Gasteiger partial charge in [-0.2, -0.15) is 0 Å². The molecule has 0 radical (unpaired) electrons. The molecule has 21 heavy (non-hydrogen) atoms. The molecule has 0 spiro atoms. The van der Waals surface area contributed by atoms with Crippen molar-refractivity contribution in [3.8, 4) is 5.75 Å². The fraction of sp³-hybridized carbons (Fsp3) is 0.533. The van der Waals surface area contributed by atoms with Crippen LogP contribution >= 0.6 is 0 Å². The van der Waals surface area contributed by atoms with E-state index < -0.39 is 0 Å². The van der Waals surface area contributed by atoms with Crippen LogP contribution in [0.5, 0.6) is 5.75 Å². The standard InChI is InChI=1S/C15H23N3O3/c1-20-14-6-3-2-5-13(14)18(8-4-7-16)15(19)17-9-11-21-12-10-17/h2-3,5-6H,4,7-12,16H2,1H3. The van der Waals surface area contributed by atoms with Crippen LogP contribution in [-0.2, 0) is 4.74 Å². The summed E-state index contributed by atoms with van der Waals surface area (Å²) in [7, 11) is 1.61. The molecular formula is C15H23N3O3. The smallest absolute Gasteiger partial charge is 0.324 e. The van der Waals surface area contributed by atoms with Gasteiger partial charge in [-0.3, -0.25) is 4.90 Å². The van der Waals surface area contributed by atoms with E-state index >= 15 is 0 Å². The highest BCUT2D eigenvalue weighted by Crippen LogP contribution is 2.28. The van der Waals surface area contributed by atoms with E-state index in [9.17, 15) is 4.79 Å². The molecule has 0 aliphatic carbocycles. The van der Waals surface area contributed by atoms with Gasteiger partial charge >= 0.3 is 6.03 Å². The minimum atomic E-state index is -0.0174. The van der Waals surface area contributed by atoms with Gasteiger partial charge in [0.2, 0.25) is 0 Å². The lowest BCUT2D eigenvalue weighted by Crippen LogP contribution is -2.49. The largest absolute Gasteiger partial charge is 0.495 e. The van der Waals surface area contributed by atoms with Crippen LogP contribution in [0.3, 0.4) is 0 Å². The number of urea groups is 1. The van der Waals surface area contributed by atoms with E-state index in [4.69, 9.17) is 15.2 Å². The van der Waals surface area contributed by atoms with E-state index in [2.05, 4.69) is 0 Å². The van der Waals surface area contributed by atoms with Crippen LogP contribution in [0.25, 0.3) is 0 Å². The molecule has 6 heteroatoms. The average molecular weight is 293 g/mol. The van der Waals surface area contributed by atoms with Gasteiger partial charge in [-0.25, -0.2) is 4.79 Å². The number of methoxy groups -OCH3 is 1. The van der Waals surface area contributed by atoms with Gasteiger partial charge in [-0.1, -0.05) is 12.1 Å². The van der Waals surface area contributed by atoms with Crippen LogP contribution in [0.15, 0.2) is 24.3 Å². The molecule has 0 saturated carbocycles. The molecule has 1 fully saturated rings. The van der Waals surface area contributed by atoms with Crippen molar-refractivity contribution in [3.63, 3.8) is 0 Å².